The lowest BCUT2D eigenvalue weighted by Crippen LogP contribution is -2.06. The zero-order valence-electron chi connectivity index (χ0n) is 14.5. The minimum atomic E-state index is -0.205. The lowest BCUT2D eigenvalue weighted by atomic mass is 9.87. The average molecular weight is 292 g/mol. The summed E-state index contributed by atoms with van der Waals surface area (Å²) in [5.41, 5.74) is 3.07. The third kappa shape index (κ3) is 8.08. The topological polar surface area (TPSA) is 26.3 Å². The van der Waals surface area contributed by atoms with Crippen LogP contribution in [0.5, 0.6) is 0 Å². The van der Waals surface area contributed by atoms with E-state index in [0.29, 0.717) is 12.0 Å². The second kappa shape index (κ2) is 8.41. The van der Waals surface area contributed by atoms with Crippen LogP contribution in [0.4, 0.5) is 0 Å². The van der Waals surface area contributed by atoms with E-state index in [0.717, 1.165) is 24.3 Å². The molecule has 0 bridgehead atoms. The SMILES string of the molecule is CCOC(=O)C=C1C=C(CC(C)CCCC(C)(C)C)CC1. The molecule has 1 aliphatic rings. The smallest absolute Gasteiger partial charge is 0.331 e. The van der Waals surface area contributed by atoms with Crippen molar-refractivity contribution < 1.29 is 9.53 Å². The summed E-state index contributed by atoms with van der Waals surface area (Å²) in [7, 11) is 0. The van der Waals surface area contributed by atoms with Crippen molar-refractivity contribution in [2.45, 2.75) is 73.1 Å². The van der Waals surface area contributed by atoms with Crippen molar-refractivity contribution in [1.29, 1.82) is 0 Å². The van der Waals surface area contributed by atoms with Crippen LogP contribution in [0.15, 0.2) is 23.3 Å². The van der Waals surface area contributed by atoms with Crippen molar-refractivity contribution in [2.75, 3.05) is 6.61 Å². The van der Waals surface area contributed by atoms with Crippen molar-refractivity contribution in [2.24, 2.45) is 11.3 Å². The van der Waals surface area contributed by atoms with Gasteiger partial charge in [0.25, 0.3) is 0 Å². The monoisotopic (exact) mass is 292 g/mol. The third-order valence-corrected chi connectivity index (χ3v) is 3.95. The van der Waals surface area contributed by atoms with E-state index < -0.39 is 0 Å². The van der Waals surface area contributed by atoms with E-state index in [1.54, 1.807) is 6.08 Å². The second-order valence-corrected chi connectivity index (χ2v) is 7.54. The highest BCUT2D eigenvalue weighted by Gasteiger charge is 2.15. The molecule has 2 nitrogen and oxygen atoms in total. The van der Waals surface area contributed by atoms with Crippen LogP contribution >= 0.6 is 0 Å². The summed E-state index contributed by atoms with van der Waals surface area (Å²) in [5, 5.41) is 0. The third-order valence-electron chi connectivity index (χ3n) is 3.95. The Bertz CT molecular complexity index is 396. The zero-order chi connectivity index (χ0) is 15.9. The molecule has 1 rings (SSSR count). The Kier molecular flexibility index (Phi) is 7.21. The molecule has 0 amide bonds. The molecule has 0 spiro atoms. The summed E-state index contributed by atoms with van der Waals surface area (Å²) < 4.78 is 4.96. The van der Waals surface area contributed by atoms with Crippen LogP contribution in [0.2, 0.25) is 0 Å². The Morgan fingerprint density at radius 3 is 2.71 bits per heavy atom. The van der Waals surface area contributed by atoms with Gasteiger partial charge in [-0.3, -0.25) is 0 Å². The fourth-order valence-electron chi connectivity index (χ4n) is 2.85. The van der Waals surface area contributed by atoms with Crippen LogP contribution in [0, 0.1) is 11.3 Å². The summed E-state index contributed by atoms with van der Waals surface area (Å²) in [6.07, 6.45) is 11.0. The van der Waals surface area contributed by atoms with E-state index in [1.165, 1.54) is 31.3 Å². The van der Waals surface area contributed by atoms with E-state index in [1.807, 2.05) is 6.92 Å². The highest BCUT2D eigenvalue weighted by atomic mass is 16.5. The number of carbonyl (C=O) groups is 1. The molecule has 1 unspecified atom stereocenters. The molecular weight excluding hydrogens is 260 g/mol. The summed E-state index contributed by atoms with van der Waals surface area (Å²) in [4.78, 5) is 11.4. The van der Waals surface area contributed by atoms with Crippen LogP contribution in [0.3, 0.4) is 0 Å². The van der Waals surface area contributed by atoms with Crippen molar-refractivity contribution in [3.8, 4) is 0 Å². The predicted molar refractivity (Wildman–Crippen MR) is 89.1 cm³/mol. The molecule has 0 radical (unpaired) electrons. The fraction of sp³-hybridized carbons (Fsp3) is 0.737. The quantitative estimate of drug-likeness (QED) is 0.461. The minimum absolute atomic E-state index is 0.205. The lowest BCUT2D eigenvalue weighted by Gasteiger charge is -2.19. The van der Waals surface area contributed by atoms with Gasteiger partial charge in [-0.15, -0.1) is 0 Å². The molecule has 0 aromatic rings. The first-order valence-corrected chi connectivity index (χ1v) is 8.37. The van der Waals surface area contributed by atoms with Gasteiger partial charge in [0.05, 0.1) is 6.61 Å². The number of allylic oxidation sites excluding steroid dienone is 3. The largest absolute Gasteiger partial charge is 0.463 e. The van der Waals surface area contributed by atoms with Crippen LogP contribution in [0.25, 0.3) is 0 Å². The maximum Gasteiger partial charge on any atom is 0.331 e. The summed E-state index contributed by atoms with van der Waals surface area (Å²) in [6.45, 7) is 11.6. The number of rotatable bonds is 7. The van der Waals surface area contributed by atoms with E-state index >= 15 is 0 Å². The molecule has 21 heavy (non-hydrogen) atoms. The van der Waals surface area contributed by atoms with Crippen LogP contribution in [0.1, 0.15) is 73.1 Å². The molecule has 0 N–H and O–H groups in total. The van der Waals surface area contributed by atoms with Crippen LogP contribution in [-0.2, 0) is 9.53 Å². The highest BCUT2D eigenvalue weighted by Crippen LogP contribution is 2.31. The van der Waals surface area contributed by atoms with Crippen LogP contribution in [-0.4, -0.2) is 12.6 Å². The molecule has 0 aromatic heterocycles. The molecule has 0 saturated carbocycles. The van der Waals surface area contributed by atoms with Crippen molar-refractivity contribution in [3.05, 3.63) is 23.3 Å². The summed E-state index contributed by atoms with van der Waals surface area (Å²) in [6, 6.07) is 0. The van der Waals surface area contributed by atoms with Crippen molar-refractivity contribution in [1.82, 2.24) is 0 Å². The number of hydrogen-bond acceptors (Lipinski definition) is 2. The first kappa shape index (κ1) is 18.0. The van der Waals surface area contributed by atoms with E-state index in [-0.39, 0.29) is 5.97 Å². The van der Waals surface area contributed by atoms with E-state index in [2.05, 4.69) is 33.8 Å². The Morgan fingerprint density at radius 1 is 1.38 bits per heavy atom. The predicted octanol–water partition coefficient (Wildman–Crippen LogP) is 5.44. The first-order valence-electron chi connectivity index (χ1n) is 8.37. The maximum atomic E-state index is 11.4. The first-order chi connectivity index (χ1) is 9.80. The molecule has 0 heterocycles. The van der Waals surface area contributed by atoms with Gasteiger partial charge < -0.3 is 4.74 Å². The van der Waals surface area contributed by atoms with Gasteiger partial charge in [-0.2, -0.15) is 0 Å². The average Bonchev–Trinajstić information content (AvgIpc) is 2.74. The van der Waals surface area contributed by atoms with E-state index in [4.69, 9.17) is 4.74 Å². The minimum Gasteiger partial charge on any atom is -0.463 e. The zero-order valence-corrected chi connectivity index (χ0v) is 14.5. The molecule has 2 heteroatoms. The molecule has 0 aliphatic heterocycles. The number of ether oxygens (including phenoxy) is 1. The van der Waals surface area contributed by atoms with Crippen molar-refractivity contribution >= 4 is 5.97 Å². The molecule has 0 saturated heterocycles. The lowest BCUT2D eigenvalue weighted by molar-refractivity contribution is -0.137. The van der Waals surface area contributed by atoms with Gasteiger partial charge >= 0.3 is 5.97 Å². The number of esters is 1. The molecular formula is C19H32O2. The van der Waals surface area contributed by atoms with Gasteiger partial charge in [-0.1, -0.05) is 52.2 Å². The van der Waals surface area contributed by atoms with Gasteiger partial charge in [0, 0.05) is 6.08 Å². The van der Waals surface area contributed by atoms with E-state index in [9.17, 15) is 4.79 Å². The standard InChI is InChI=1S/C19H32O2/c1-6-21-18(20)14-17-10-9-16(13-17)12-15(2)8-7-11-19(3,4)5/h13-15H,6-12H2,1-5H3. The summed E-state index contributed by atoms with van der Waals surface area (Å²) in [5.74, 6) is 0.531. The number of carbonyl (C=O) groups excluding carboxylic acids is 1. The highest BCUT2D eigenvalue weighted by molar-refractivity contribution is 5.83. The Hall–Kier alpha value is -1.05. The molecule has 1 aliphatic carbocycles. The van der Waals surface area contributed by atoms with Gasteiger partial charge in [0.15, 0.2) is 0 Å². The maximum absolute atomic E-state index is 11.4. The van der Waals surface area contributed by atoms with Gasteiger partial charge in [-0.25, -0.2) is 4.79 Å². The summed E-state index contributed by atoms with van der Waals surface area (Å²) >= 11 is 0. The normalized spacial score (nSPS) is 18.7. The Labute approximate surface area is 130 Å². The fourth-order valence-corrected chi connectivity index (χ4v) is 2.85. The molecule has 0 aromatic carbocycles. The Morgan fingerprint density at radius 2 is 2.10 bits per heavy atom. The second-order valence-electron chi connectivity index (χ2n) is 7.54. The molecule has 120 valence electrons. The van der Waals surface area contributed by atoms with Crippen molar-refractivity contribution in [3.63, 3.8) is 0 Å². The number of hydrogen-bond donors (Lipinski definition) is 0. The van der Waals surface area contributed by atoms with Gasteiger partial charge in [0.2, 0.25) is 0 Å². The van der Waals surface area contributed by atoms with Gasteiger partial charge in [0.1, 0.15) is 0 Å². The molecule has 1 atom stereocenters. The van der Waals surface area contributed by atoms with Gasteiger partial charge in [-0.05, 0) is 49.5 Å². The molecule has 0 fully saturated rings. The van der Waals surface area contributed by atoms with Crippen LogP contribution < -0.4 is 0 Å². The Balaban J connectivity index is 2.36.